The molecule has 2 aromatic carbocycles. The standard InChI is InChI=1S/C33H30N6O2/c1-2-30(40)35-26-15-13-25(14-16-26)33(41)38-19-8-9-23(22-38)21-29-34-18-17-27(36-29)31-28-12-6-7-20-39(28)37-32(31)24-10-4-3-5-11-24/h2-7,10-18,20,23H,1,8-9,19,21-22H2,(H,35,40)/t23-/m1/s1. The second-order valence-corrected chi connectivity index (χ2v) is 10.2. The molecule has 2 amide bonds. The summed E-state index contributed by atoms with van der Waals surface area (Å²) in [6.07, 6.45) is 7.60. The van der Waals surface area contributed by atoms with Crippen LogP contribution in [0.2, 0.25) is 0 Å². The first-order chi connectivity index (χ1) is 20.1. The molecule has 8 heteroatoms. The number of amides is 2. The predicted molar refractivity (Wildman–Crippen MR) is 159 cm³/mol. The minimum Gasteiger partial charge on any atom is -0.338 e. The molecule has 0 saturated carbocycles. The summed E-state index contributed by atoms with van der Waals surface area (Å²) in [6, 6.07) is 25.1. The van der Waals surface area contributed by atoms with Gasteiger partial charge < -0.3 is 10.2 Å². The fraction of sp³-hybridized carbons (Fsp3) is 0.182. The van der Waals surface area contributed by atoms with Gasteiger partial charge in [0.1, 0.15) is 11.5 Å². The molecule has 204 valence electrons. The number of aromatic nitrogens is 4. The number of rotatable bonds is 7. The third kappa shape index (κ3) is 5.63. The Morgan fingerprint density at radius 2 is 1.80 bits per heavy atom. The van der Waals surface area contributed by atoms with E-state index >= 15 is 0 Å². The first-order valence-corrected chi connectivity index (χ1v) is 13.8. The number of fused-ring (bicyclic) bond motifs is 1. The van der Waals surface area contributed by atoms with E-state index < -0.39 is 0 Å². The first kappa shape index (κ1) is 26.1. The first-order valence-electron chi connectivity index (χ1n) is 13.8. The zero-order valence-corrected chi connectivity index (χ0v) is 22.6. The van der Waals surface area contributed by atoms with Crippen molar-refractivity contribution < 1.29 is 9.59 Å². The molecule has 0 bridgehead atoms. The van der Waals surface area contributed by atoms with Gasteiger partial charge in [0.25, 0.3) is 5.91 Å². The number of carbonyl (C=O) groups excluding carboxylic acids is 2. The van der Waals surface area contributed by atoms with Crippen LogP contribution in [0.5, 0.6) is 0 Å². The highest BCUT2D eigenvalue weighted by Crippen LogP contribution is 2.34. The van der Waals surface area contributed by atoms with E-state index in [1.54, 1.807) is 24.3 Å². The second kappa shape index (κ2) is 11.6. The van der Waals surface area contributed by atoms with Gasteiger partial charge in [-0.2, -0.15) is 5.10 Å². The Hall–Kier alpha value is -5.11. The molecule has 5 aromatic rings. The molecule has 1 aliphatic rings. The van der Waals surface area contributed by atoms with Crippen LogP contribution in [0.15, 0.2) is 104 Å². The third-order valence-corrected chi connectivity index (χ3v) is 7.41. The van der Waals surface area contributed by atoms with Crippen LogP contribution in [-0.2, 0) is 11.2 Å². The number of anilines is 1. The number of carbonyl (C=O) groups is 2. The van der Waals surface area contributed by atoms with Crippen LogP contribution in [0, 0.1) is 5.92 Å². The lowest BCUT2D eigenvalue weighted by molar-refractivity contribution is -0.111. The average Bonchev–Trinajstić information content (AvgIpc) is 3.41. The number of hydrogen-bond acceptors (Lipinski definition) is 5. The molecule has 3 aromatic heterocycles. The van der Waals surface area contributed by atoms with E-state index in [0.717, 1.165) is 46.7 Å². The normalized spacial score (nSPS) is 15.0. The molecular weight excluding hydrogens is 512 g/mol. The molecule has 1 fully saturated rings. The van der Waals surface area contributed by atoms with Crippen LogP contribution in [0.4, 0.5) is 5.69 Å². The van der Waals surface area contributed by atoms with Gasteiger partial charge in [0.05, 0.1) is 16.8 Å². The summed E-state index contributed by atoms with van der Waals surface area (Å²) in [5, 5.41) is 7.58. The van der Waals surface area contributed by atoms with E-state index in [4.69, 9.17) is 10.1 Å². The van der Waals surface area contributed by atoms with Crippen LogP contribution in [0.1, 0.15) is 29.0 Å². The average molecular weight is 543 g/mol. The van der Waals surface area contributed by atoms with Gasteiger partial charge in [0, 0.05) is 48.7 Å². The molecule has 0 unspecified atom stereocenters. The topological polar surface area (TPSA) is 92.5 Å². The predicted octanol–water partition coefficient (Wildman–Crippen LogP) is 5.68. The largest absolute Gasteiger partial charge is 0.338 e. The molecular formula is C33H30N6O2. The van der Waals surface area contributed by atoms with Crippen LogP contribution >= 0.6 is 0 Å². The van der Waals surface area contributed by atoms with E-state index in [-0.39, 0.29) is 17.7 Å². The van der Waals surface area contributed by atoms with Crippen LogP contribution in [0.3, 0.4) is 0 Å². The molecule has 1 atom stereocenters. The van der Waals surface area contributed by atoms with Crippen molar-refractivity contribution in [1.82, 2.24) is 24.5 Å². The van der Waals surface area contributed by atoms with Crippen LogP contribution < -0.4 is 5.32 Å². The van der Waals surface area contributed by atoms with Gasteiger partial charge in [-0.3, -0.25) is 9.59 Å². The van der Waals surface area contributed by atoms with E-state index in [9.17, 15) is 9.59 Å². The molecule has 6 rings (SSSR count). The summed E-state index contributed by atoms with van der Waals surface area (Å²) in [7, 11) is 0. The van der Waals surface area contributed by atoms with Crippen molar-refractivity contribution in [2.45, 2.75) is 19.3 Å². The van der Waals surface area contributed by atoms with Crippen LogP contribution in [-0.4, -0.2) is 49.4 Å². The number of piperidine rings is 1. The number of nitrogens with one attached hydrogen (secondary N) is 1. The van der Waals surface area contributed by atoms with Gasteiger partial charge >= 0.3 is 0 Å². The summed E-state index contributed by atoms with van der Waals surface area (Å²) < 4.78 is 1.89. The minimum atomic E-state index is -0.285. The van der Waals surface area contributed by atoms with Gasteiger partial charge in [0.15, 0.2) is 0 Å². The molecule has 41 heavy (non-hydrogen) atoms. The smallest absolute Gasteiger partial charge is 0.253 e. The van der Waals surface area contributed by atoms with Gasteiger partial charge in [-0.25, -0.2) is 14.5 Å². The summed E-state index contributed by atoms with van der Waals surface area (Å²) >= 11 is 0. The molecule has 4 heterocycles. The Balaban J connectivity index is 1.21. The van der Waals surface area contributed by atoms with E-state index in [1.807, 2.05) is 58.2 Å². The monoisotopic (exact) mass is 542 g/mol. The molecule has 0 radical (unpaired) electrons. The number of pyridine rings is 1. The maximum Gasteiger partial charge on any atom is 0.253 e. The summed E-state index contributed by atoms with van der Waals surface area (Å²) in [5.74, 6) is 0.724. The van der Waals surface area contributed by atoms with Gasteiger partial charge in [-0.15, -0.1) is 0 Å². The number of hydrogen-bond donors (Lipinski definition) is 1. The Bertz CT molecular complexity index is 1710. The molecule has 1 aliphatic heterocycles. The summed E-state index contributed by atoms with van der Waals surface area (Å²) in [5.41, 5.74) is 5.94. The molecule has 0 spiro atoms. The van der Waals surface area contributed by atoms with Gasteiger partial charge in [0.2, 0.25) is 5.91 Å². The highest BCUT2D eigenvalue weighted by molar-refractivity contribution is 5.99. The van der Waals surface area contributed by atoms with Crippen molar-refractivity contribution in [2.24, 2.45) is 5.92 Å². The summed E-state index contributed by atoms with van der Waals surface area (Å²) in [4.78, 5) is 36.3. The zero-order valence-electron chi connectivity index (χ0n) is 22.6. The Morgan fingerprint density at radius 1 is 1.00 bits per heavy atom. The quantitative estimate of drug-likeness (QED) is 0.267. The fourth-order valence-corrected chi connectivity index (χ4v) is 5.43. The number of nitrogens with zero attached hydrogens (tertiary/aromatic N) is 5. The SMILES string of the molecule is C=CC(=O)Nc1ccc(C(=O)N2CCC[C@H](Cc3nccc(-c4c(-c5ccccc5)nn5ccccc45)n3)C2)cc1. The van der Waals surface area contributed by atoms with Gasteiger partial charge in [-0.1, -0.05) is 43.0 Å². The van der Waals surface area contributed by atoms with E-state index in [1.165, 1.54) is 6.08 Å². The maximum atomic E-state index is 13.3. The van der Waals surface area contributed by atoms with Crippen molar-refractivity contribution in [3.63, 3.8) is 0 Å². The van der Waals surface area contributed by atoms with Crippen LogP contribution in [0.25, 0.3) is 28.0 Å². The van der Waals surface area contributed by atoms with Crippen molar-refractivity contribution in [2.75, 3.05) is 18.4 Å². The van der Waals surface area contributed by atoms with E-state index in [0.29, 0.717) is 30.8 Å². The lowest BCUT2D eigenvalue weighted by Crippen LogP contribution is -2.40. The lowest BCUT2D eigenvalue weighted by Gasteiger charge is -2.32. The van der Waals surface area contributed by atoms with Gasteiger partial charge in [-0.05, 0) is 67.3 Å². The molecule has 0 aliphatic carbocycles. The molecule has 1 saturated heterocycles. The summed E-state index contributed by atoms with van der Waals surface area (Å²) in [6.45, 7) is 4.82. The zero-order chi connectivity index (χ0) is 28.2. The lowest BCUT2D eigenvalue weighted by atomic mass is 9.93. The van der Waals surface area contributed by atoms with E-state index in [2.05, 4.69) is 35.1 Å². The Labute approximate surface area is 238 Å². The highest BCUT2D eigenvalue weighted by Gasteiger charge is 2.26. The van der Waals surface area contributed by atoms with Crippen molar-refractivity contribution in [1.29, 1.82) is 0 Å². The van der Waals surface area contributed by atoms with Crippen molar-refractivity contribution in [3.05, 3.63) is 115 Å². The Kier molecular flexibility index (Phi) is 7.36. The molecule has 8 nitrogen and oxygen atoms in total. The number of benzene rings is 2. The minimum absolute atomic E-state index is 0.00942. The fourth-order valence-electron chi connectivity index (χ4n) is 5.43. The highest BCUT2D eigenvalue weighted by atomic mass is 16.2. The number of likely N-dealkylation sites (tertiary alicyclic amines) is 1. The third-order valence-electron chi connectivity index (χ3n) is 7.41. The van der Waals surface area contributed by atoms with Crippen molar-refractivity contribution >= 4 is 23.0 Å². The maximum absolute atomic E-state index is 13.3. The second-order valence-electron chi connectivity index (χ2n) is 10.2. The molecule has 1 N–H and O–H groups in total. The Morgan fingerprint density at radius 3 is 2.61 bits per heavy atom. The van der Waals surface area contributed by atoms with Crippen molar-refractivity contribution in [3.8, 4) is 22.5 Å².